The van der Waals surface area contributed by atoms with Crippen LogP contribution in [-0.4, -0.2) is 79.1 Å². The predicted molar refractivity (Wildman–Crippen MR) is 134 cm³/mol. The van der Waals surface area contributed by atoms with Gasteiger partial charge in [0.15, 0.2) is 0 Å². The Kier molecular flexibility index (Phi) is 9.26. The highest BCUT2D eigenvalue weighted by Gasteiger charge is 2.28. The molecule has 0 unspecified atom stereocenters. The fourth-order valence-corrected chi connectivity index (χ4v) is 4.54. The van der Waals surface area contributed by atoms with Gasteiger partial charge in [-0.05, 0) is 63.0 Å². The van der Waals surface area contributed by atoms with E-state index in [9.17, 15) is 9.59 Å². The average molecular weight is 486 g/mol. The van der Waals surface area contributed by atoms with Crippen molar-refractivity contribution in [3.63, 3.8) is 0 Å². The van der Waals surface area contributed by atoms with Crippen molar-refractivity contribution >= 4 is 11.8 Å². The molecule has 2 heterocycles. The molecular weight excluding hydrogens is 446 g/mol. The first-order chi connectivity index (χ1) is 16.7. The summed E-state index contributed by atoms with van der Waals surface area (Å²) in [5, 5.41) is 7.15. The highest BCUT2D eigenvalue weighted by molar-refractivity contribution is 5.80. The summed E-state index contributed by atoms with van der Waals surface area (Å²) in [6, 6.07) is 7.46. The lowest BCUT2D eigenvalue weighted by atomic mass is 9.91. The number of nitrogens with zero attached hydrogens (tertiary/aromatic N) is 4. The SMILES string of the molecule is COc1ccc(-c2noc(CCCC(=O)N3CCC(C(=O)NCC(C)(C)CN(C)C)CC3)n2)cc1. The van der Waals surface area contributed by atoms with Crippen LogP contribution in [0.4, 0.5) is 0 Å². The van der Waals surface area contributed by atoms with Gasteiger partial charge in [0.1, 0.15) is 5.75 Å². The molecule has 1 saturated heterocycles. The van der Waals surface area contributed by atoms with Crippen LogP contribution in [-0.2, 0) is 16.0 Å². The molecule has 1 aliphatic rings. The average Bonchev–Trinajstić information content (AvgIpc) is 3.31. The first kappa shape index (κ1) is 26.7. The Morgan fingerprint density at radius 2 is 1.89 bits per heavy atom. The van der Waals surface area contributed by atoms with Crippen molar-refractivity contribution in [2.24, 2.45) is 11.3 Å². The maximum Gasteiger partial charge on any atom is 0.226 e. The minimum atomic E-state index is -0.0241. The van der Waals surface area contributed by atoms with Gasteiger partial charge in [-0.1, -0.05) is 19.0 Å². The Morgan fingerprint density at radius 3 is 2.51 bits per heavy atom. The lowest BCUT2D eigenvalue weighted by Crippen LogP contribution is -2.46. The van der Waals surface area contributed by atoms with Crippen molar-refractivity contribution in [2.45, 2.75) is 46.0 Å². The zero-order valence-corrected chi connectivity index (χ0v) is 21.7. The third kappa shape index (κ3) is 8.06. The molecule has 0 radical (unpaired) electrons. The molecule has 1 aromatic heterocycles. The molecule has 35 heavy (non-hydrogen) atoms. The predicted octanol–water partition coefficient (Wildman–Crippen LogP) is 3.01. The molecule has 9 nitrogen and oxygen atoms in total. The number of piperidine rings is 1. The van der Waals surface area contributed by atoms with E-state index < -0.39 is 0 Å². The monoisotopic (exact) mass is 485 g/mol. The van der Waals surface area contributed by atoms with Gasteiger partial charge in [-0.25, -0.2) is 0 Å². The molecule has 1 fully saturated rings. The molecule has 0 atom stereocenters. The van der Waals surface area contributed by atoms with E-state index in [0.717, 1.165) is 17.9 Å². The molecule has 9 heteroatoms. The number of methoxy groups -OCH3 is 1. The van der Waals surface area contributed by atoms with Gasteiger partial charge in [-0.3, -0.25) is 9.59 Å². The molecule has 0 saturated carbocycles. The Balaban J connectivity index is 1.37. The van der Waals surface area contributed by atoms with Gasteiger partial charge >= 0.3 is 0 Å². The minimum Gasteiger partial charge on any atom is -0.497 e. The van der Waals surface area contributed by atoms with Crippen LogP contribution in [0, 0.1) is 11.3 Å². The molecule has 2 aromatic rings. The second-order valence-electron chi connectivity index (χ2n) is 10.4. The van der Waals surface area contributed by atoms with Crippen molar-refractivity contribution < 1.29 is 18.8 Å². The lowest BCUT2D eigenvalue weighted by Gasteiger charge is -2.33. The van der Waals surface area contributed by atoms with E-state index in [-0.39, 0.29) is 23.1 Å². The Hall–Kier alpha value is -2.94. The molecule has 3 rings (SSSR count). The largest absolute Gasteiger partial charge is 0.497 e. The summed E-state index contributed by atoms with van der Waals surface area (Å²) in [6.45, 7) is 7.12. The third-order valence-electron chi connectivity index (χ3n) is 6.30. The number of benzene rings is 1. The van der Waals surface area contributed by atoms with Gasteiger partial charge < -0.3 is 24.4 Å². The molecule has 192 valence electrons. The first-order valence-corrected chi connectivity index (χ1v) is 12.3. The number of carbonyl (C=O) groups is 2. The van der Waals surface area contributed by atoms with Crippen LogP contribution in [0.1, 0.15) is 45.4 Å². The summed E-state index contributed by atoms with van der Waals surface area (Å²) in [5.74, 6) is 2.02. The molecule has 0 bridgehead atoms. The molecule has 2 amide bonds. The van der Waals surface area contributed by atoms with Crippen LogP contribution >= 0.6 is 0 Å². The number of nitrogens with one attached hydrogen (secondary N) is 1. The van der Waals surface area contributed by atoms with Gasteiger partial charge in [-0.2, -0.15) is 4.98 Å². The summed E-state index contributed by atoms with van der Waals surface area (Å²) in [4.78, 5) is 33.7. The van der Waals surface area contributed by atoms with Crippen molar-refractivity contribution in [3.8, 4) is 17.1 Å². The topological polar surface area (TPSA) is 101 Å². The maximum absolute atomic E-state index is 12.7. The summed E-state index contributed by atoms with van der Waals surface area (Å²) in [6.07, 6.45) is 3.04. The second kappa shape index (κ2) is 12.2. The molecular formula is C26H39N5O4. The van der Waals surface area contributed by atoms with E-state index in [4.69, 9.17) is 9.26 Å². The minimum absolute atomic E-state index is 0.0175. The van der Waals surface area contributed by atoms with E-state index in [2.05, 4.69) is 34.2 Å². The number of aryl methyl sites for hydroxylation is 1. The van der Waals surface area contributed by atoms with E-state index in [1.807, 2.05) is 43.3 Å². The smallest absolute Gasteiger partial charge is 0.226 e. The van der Waals surface area contributed by atoms with Gasteiger partial charge in [0.25, 0.3) is 0 Å². The lowest BCUT2D eigenvalue weighted by molar-refractivity contribution is -0.135. The summed E-state index contributed by atoms with van der Waals surface area (Å²) in [5.41, 5.74) is 0.869. The first-order valence-electron chi connectivity index (χ1n) is 12.3. The number of hydrogen-bond donors (Lipinski definition) is 1. The van der Waals surface area contributed by atoms with Gasteiger partial charge in [0.05, 0.1) is 7.11 Å². The van der Waals surface area contributed by atoms with Crippen molar-refractivity contribution in [2.75, 3.05) is 47.4 Å². The summed E-state index contributed by atoms with van der Waals surface area (Å²) in [7, 11) is 5.70. The zero-order chi connectivity index (χ0) is 25.4. The highest BCUT2D eigenvalue weighted by atomic mass is 16.5. The van der Waals surface area contributed by atoms with Crippen molar-refractivity contribution in [1.29, 1.82) is 0 Å². The number of likely N-dealkylation sites (tertiary alicyclic amines) is 1. The standard InChI is InChI=1S/C26H39N5O4/c1-26(2,18-30(3)4)17-27-25(33)20-13-15-31(16-14-20)23(32)8-6-7-22-28-24(29-35-22)19-9-11-21(34-5)12-10-19/h9-12,20H,6-8,13-18H2,1-5H3,(H,27,33). The van der Waals surface area contributed by atoms with Crippen LogP contribution in [0.5, 0.6) is 5.75 Å². The van der Waals surface area contributed by atoms with Crippen LogP contribution in [0.3, 0.4) is 0 Å². The highest BCUT2D eigenvalue weighted by Crippen LogP contribution is 2.22. The number of rotatable bonds is 11. The Morgan fingerprint density at radius 1 is 1.20 bits per heavy atom. The summed E-state index contributed by atoms with van der Waals surface area (Å²) >= 11 is 0. The summed E-state index contributed by atoms with van der Waals surface area (Å²) < 4.78 is 10.5. The van der Waals surface area contributed by atoms with Crippen molar-refractivity contribution in [1.82, 2.24) is 25.3 Å². The number of carbonyl (C=O) groups excluding carboxylic acids is 2. The van der Waals surface area contributed by atoms with E-state index >= 15 is 0 Å². The third-order valence-corrected chi connectivity index (χ3v) is 6.30. The molecule has 1 aliphatic heterocycles. The van der Waals surface area contributed by atoms with Crippen molar-refractivity contribution in [3.05, 3.63) is 30.2 Å². The quantitative estimate of drug-likeness (QED) is 0.522. The van der Waals surface area contributed by atoms with Gasteiger partial charge in [-0.15, -0.1) is 0 Å². The fraction of sp³-hybridized carbons (Fsp3) is 0.615. The normalized spacial score (nSPS) is 14.9. The zero-order valence-electron chi connectivity index (χ0n) is 21.7. The fourth-order valence-electron chi connectivity index (χ4n) is 4.54. The maximum atomic E-state index is 12.7. The number of hydrogen-bond acceptors (Lipinski definition) is 7. The van der Waals surface area contributed by atoms with Crippen LogP contribution < -0.4 is 10.1 Å². The Labute approximate surface area is 208 Å². The molecule has 1 aromatic carbocycles. The molecule has 0 spiro atoms. The van der Waals surface area contributed by atoms with Crippen LogP contribution in [0.25, 0.3) is 11.4 Å². The van der Waals surface area contributed by atoms with Crippen LogP contribution in [0.2, 0.25) is 0 Å². The van der Waals surface area contributed by atoms with Gasteiger partial charge in [0, 0.05) is 50.5 Å². The number of ether oxygens (including phenoxy) is 1. The van der Waals surface area contributed by atoms with Crippen LogP contribution in [0.15, 0.2) is 28.8 Å². The Bertz CT molecular complexity index is 962. The second-order valence-corrected chi connectivity index (χ2v) is 10.4. The van der Waals surface area contributed by atoms with Gasteiger partial charge in [0.2, 0.25) is 23.5 Å². The number of aromatic nitrogens is 2. The molecule has 1 N–H and O–H groups in total. The number of amides is 2. The van der Waals surface area contributed by atoms with E-state index in [0.29, 0.717) is 63.5 Å². The van der Waals surface area contributed by atoms with E-state index in [1.165, 1.54) is 0 Å². The molecule has 0 aliphatic carbocycles. The van der Waals surface area contributed by atoms with E-state index in [1.54, 1.807) is 7.11 Å².